The summed E-state index contributed by atoms with van der Waals surface area (Å²) in [5, 5.41) is 10.9. The lowest BCUT2D eigenvalue weighted by molar-refractivity contribution is 0.509. The second kappa shape index (κ2) is 7.67. The molecule has 1 atom stereocenters. The highest BCUT2D eigenvalue weighted by atomic mass is 35.5. The fourth-order valence-electron chi connectivity index (χ4n) is 3.47. The van der Waals surface area contributed by atoms with E-state index in [-0.39, 0.29) is 5.56 Å². The fourth-order valence-corrected chi connectivity index (χ4v) is 5.88. The van der Waals surface area contributed by atoms with Gasteiger partial charge in [-0.3, -0.25) is 9.36 Å². The molecule has 0 unspecified atom stereocenters. The van der Waals surface area contributed by atoms with E-state index in [0.29, 0.717) is 28.3 Å². The van der Waals surface area contributed by atoms with Crippen LogP contribution in [0.4, 0.5) is 0 Å². The van der Waals surface area contributed by atoms with Crippen LogP contribution in [0.2, 0.25) is 5.02 Å². The van der Waals surface area contributed by atoms with Gasteiger partial charge in [0.05, 0.1) is 17.1 Å². The number of nitrogens with zero attached hydrogens (tertiary/aromatic N) is 3. The van der Waals surface area contributed by atoms with Crippen LogP contribution in [-0.2, 0) is 12.8 Å². The van der Waals surface area contributed by atoms with E-state index in [9.17, 15) is 4.79 Å². The van der Waals surface area contributed by atoms with Crippen molar-refractivity contribution >= 4 is 44.9 Å². The summed E-state index contributed by atoms with van der Waals surface area (Å²) in [5.74, 6) is 1.25. The molecule has 1 aromatic carbocycles. The number of thioether (sulfide) groups is 1. The molecule has 0 bridgehead atoms. The van der Waals surface area contributed by atoms with Crippen LogP contribution >= 0.6 is 34.7 Å². The number of aromatic nitrogens is 2. The molecule has 0 N–H and O–H groups in total. The summed E-state index contributed by atoms with van der Waals surface area (Å²) in [6.45, 7) is 2.26. The van der Waals surface area contributed by atoms with Crippen molar-refractivity contribution in [2.45, 2.75) is 37.8 Å². The maximum absolute atomic E-state index is 13.5. The molecule has 3 aromatic rings. The van der Waals surface area contributed by atoms with Gasteiger partial charge >= 0.3 is 0 Å². The summed E-state index contributed by atoms with van der Waals surface area (Å²) < 4.78 is 1.67. The Hall–Kier alpha value is -1.81. The first-order valence-corrected chi connectivity index (χ1v) is 11.1. The van der Waals surface area contributed by atoms with Crippen LogP contribution in [0.15, 0.2) is 34.2 Å². The first-order chi connectivity index (χ1) is 13.1. The summed E-state index contributed by atoms with van der Waals surface area (Å²) in [5.41, 5.74) is 1.91. The van der Waals surface area contributed by atoms with Crippen molar-refractivity contribution < 1.29 is 0 Å². The van der Waals surface area contributed by atoms with E-state index in [2.05, 4.69) is 13.0 Å². The Labute approximate surface area is 170 Å². The maximum atomic E-state index is 13.5. The average Bonchev–Trinajstić information content (AvgIpc) is 3.00. The first kappa shape index (κ1) is 18.5. The van der Waals surface area contributed by atoms with Crippen molar-refractivity contribution in [3.05, 3.63) is 50.1 Å². The molecule has 2 aromatic heterocycles. The van der Waals surface area contributed by atoms with Crippen molar-refractivity contribution in [3.63, 3.8) is 0 Å². The SMILES string of the molecule is C[C@@H]1CCc2c(sc3nc(SCCC#N)n(-c4ccc(Cl)cc4)c(=O)c23)C1. The third-order valence-corrected chi connectivity index (χ3v) is 7.17. The predicted molar refractivity (Wildman–Crippen MR) is 112 cm³/mol. The summed E-state index contributed by atoms with van der Waals surface area (Å²) in [4.78, 5) is 20.5. The molecule has 0 aliphatic heterocycles. The molecule has 0 spiro atoms. The van der Waals surface area contributed by atoms with Crippen molar-refractivity contribution in [1.29, 1.82) is 5.26 Å². The van der Waals surface area contributed by atoms with E-state index in [0.717, 1.165) is 35.2 Å². The van der Waals surface area contributed by atoms with Crippen LogP contribution in [-0.4, -0.2) is 15.3 Å². The van der Waals surface area contributed by atoms with Gasteiger partial charge in [0.2, 0.25) is 0 Å². The summed E-state index contributed by atoms with van der Waals surface area (Å²) in [6, 6.07) is 9.39. The van der Waals surface area contributed by atoms with Gasteiger partial charge in [0.1, 0.15) is 4.83 Å². The normalized spacial score (nSPS) is 16.3. The number of hydrogen-bond donors (Lipinski definition) is 0. The molecule has 1 aliphatic rings. The van der Waals surface area contributed by atoms with E-state index in [1.807, 2.05) is 12.1 Å². The number of rotatable bonds is 4. The Balaban J connectivity index is 1.93. The second-order valence-electron chi connectivity index (χ2n) is 6.80. The van der Waals surface area contributed by atoms with Gasteiger partial charge in [-0.2, -0.15) is 5.26 Å². The zero-order valence-corrected chi connectivity index (χ0v) is 17.3. The number of aryl methyl sites for hydroxylation is 1. The Kier molecular flexibility index (Phi) is 5.27. The molecular weight excluding hydrogens is 398 g/mol. The van der Waals surface area contributed by atoms with Gasteiger partial charge in [0.25, 0.3) is 5.56 Å². The molecule has 27 heavy (non-hydrogen) atoms. The number of nitriles is 1. The quantitative estimate of drug-likeness (QED) is 0.332. The van der Waals surface area contributed by atoms with Crippen LogP contribution in [0.5, 0.6) is 0 Å². The highest BCUT2D eigenvalue weighted by molar-refractivity contribution is 7.99. The Morgan fingerprint density at radius 3 is 2.93 bits per heavy atom. The van der Waals surface area contributed by atoms with Gasteiger partial charge in [0, 0.05) is 22.1 Å². The molecule has 138 valence electrons. The Morgan fingerprint density at radius 2 is 2.19 bits per heavy atom. The van der Waals surface area contributed by atoms with Gasteiger partial charge in [-0.1, -0.05) is 30.3 Å². The lowest BCUT2D eigenvalue weighted by atomic mass is 9.89. The molecule has 2 heterocycles. The zero-order chi connectivity index (χ0) is 19.0. The monoisotopic (exact) mass is 415 g/mol. The molecule has 4 rings (SSSR count). The van der Waals surface area contributed by atoms with Crippen LogP contribution in [0.25, 0.3) is 15.9 Å². The third kappa shape index (κ3) is 3.52. The summed E-state index contributed by atoms with van der Waals surface area (Å²) in [7, 11) is 0. The van der Waals surface area contributed by atoms with E-state index < -0.39 is 0 Å². The molecule has 0 amide bonds. The number of thiophene rings is 1. The highest BCUT2D eigenvalue weighted by Crippen LogP contribution is 2.37. The first-order valence-electron chi connectivity index (χ1n) is 8.91. The fraction of sp³-hybridized carbons (Fsp3) is 0.350. The van der Waals surface area contributed by atoms with Crippen LogP contribution in [0.3, 0.4) is 0 Å². The summed E-state index contributed by atoms with van der Waals surface area (Å²) in [6.07, 6.45) is 3.48. The largest absolute Gasteiger partial charge is 0.268 e. The highest BCUT2D eigenvalue weighted by Gasteiger charge is 2.25. The van der Waals surface area contributed by atoms with Gasteiger partial charge in [-0.05, 0) is 55.0 Å². The standard InChI is InChI=1S/C20H18ClN3OS2/c1-12-3-8-15-16(11-12)27-18-17(15)19(25)24(14-6-4-13(21)5-7-14)20(23-18)26-10-2-9-22/h4-7,12H,2-3,8,10-11H2,1H3/t12-/m1/s1. The number of hydrogen-bond acceptors (Lipinski definition) is 5. The van der Waals surface area contributed by atoms with Crippen LogP contribution < -0.4 is 5.56 Å². The summed E-state index contributed by atoms with van der Waals surface area (Å²) >= 11 is 9.13. The molecule has 4 nitrogen and oxygen atoms in total. The smallest absolute Gasteiger partial charge is 0.267 e. The molecule has 0 saturated heterocycles. The molecule has 0 saturated carbocycles. The molecular formula is C20H18ClN3OS2. The predicted octanol–water partition coefficient (Wildman–Crippen LogP) is 5.23. The van der Waals surface area contributed by atoms with Gasteiger partial charge in [-0.25, -0.2) is 4.98 Å². The van der Waals surface area contributed by atoms with Crippen LogP contribution in [0.1, 0.15) is 30.2 Å². The van der Waals surface area contributed by atoms with E-state index in [1.165, 1.54) is 22.2 Å². The second-order valence-corrected chi connectivity index (χ2v) is 9.38. The van der Waals surface area contributed by atoms with Crippen molar-refractivity contribution in [3.8, 4) is 11.8 Å². The van der Waals surface area contributed by atoms with Crippen molar-refractivity contribution in [2.24, 2.45) is 5.92 Å². The molecule has 1 aliphatic carbocycles. The Morgan fingerprint density at radius 1 is 1.41 bits per heavy atom. The molecule has 7 heteroatoms. The third-order valence-electron chi connectivity index (χ3n) is 4.83. The van der Waals surface area contributed by atoms with E-state index >= 15 is 0 Å². The average molecular weight is 416 g/mol. The molecule has 0 fully saturated rings. The number of halogens is 1. The van der Waals surface area contributed by atoms with Crippen LogP contribution in [0, 0.1) is 17.2 Å². The Bertz CT molecular complexity index is 1100. The maximum Gasteiger partial charge on any atom is 0.267 e. The zero-order valence-electron chi connectivity index (χ0n) is 14.9. The topological polar surface area (TPSA) is 58.7 Å². The van der Waals surface area contributed by atoms with Gasteiger partial charge in [-0.15, -0.1) is 11.3 Å². The van der Waals surface area contributed by atoms with Crippen molar-refractivity contribution in [2.75, 3.05) is 5.75 Å². The molecule has 0 radical (unpaired) electrons. The number of fused-ring (bicyclic) bond motifs is 3. The van der Waals surface area contributed by atoms with E-state index in [4.69, 9.17) is 21.8 Å². The van der Waals surface area contributed by atoms with Gasteiger partial charge in [0.15, 0.2) is 5.16 Å². The minimum Gasteiger partial charge on any atom is -0.268 e. The van der Waals surface area contributed by atoms with Gasteiger partial charge < -0.3 is 0 Å². The lowest BCUT2D eigenvalue weighted by Crippen LogP contribution is -2.22. The van der Waals surface area contributed by atoms with Crippen molar-refractivity contribution in [1.82, 2.24) is 9.55 Å². The van der Waals surface area contributed by atoms with E-state index in [1.54, 1.807) is 28.0 Å². The lowest BCUT2D eigenvalue weighted by Gasteiger charge is -2.17. The number of benzene rings is 1. The minimum atomic E-state index is -0.0196. The minimum absolute atomic E-state index is 0.0196.